The fraction of sp³-hybridized carbons (Fsp3) is 0.308. The Labute approximate surface area is 114 Å². The van der Waals surface area contributed by atoms with Crippen LogP contribution in [-0.2, 0) is 6.54 Å². The van der Waals surface area contributed by atoms with Crippen molar-refractivity contribution in [3.63, 3.8) is 0 Å². The normalized spacial score (nSPS) is 15.1. The molecule has 88 valence electrons. The largest absolute Gasteiger partial charge is 0.444 e. The van der Waals surface area contributed by atoms with Gasteiger partial charge in [-0.1, -0.05) is 12.1 Å². The predicted octanol–water partition coefficient (Wildman–Crippen LogP) is 3.20. The number of hydrogen-bond donors (Lipinski definition) is 1. The Hall–Kier alpha value is -0.880. The Morgan fingerprint density at radius 3 is 2.94 bits per heavy atom. The van der Waals surface area contributed by atoms with Crippen LogP contribution in [0, 0.1) is 3.57 Å². The van der Waals surface area contributed by atoms with Gasteiger partial charge in [-0.25, -0.2) is 4.98 Å². The van der Waals surface area contributed by atoms with Crippen molar-refractivity contribution >= 4 is 22.6 Å². The molecule has 3 nitrogen and oxygen atoms in total. The molecule has 4 heteroatoms. The monoisotopic (exact) mass is 340 g/mol. The van der Waals surface area contributed by atoms with Gasteiger partial charge in [0.05, 0.1) is 11.3 Å². The molecule has 0 aliphatic heterocycles. The highest BCUT2D eigenvalue weighted by Crippen LogP contribution is 2.24. The third kappa shape index (κ3) is 2.69. The molecule has 1 N–H and O–H groups in total. The summed E-state index contributed by atoms with van der Waals surface area (Å²) in [7, 11) is 0. The average molecular weight is 340 g/mol. The lowest BCUT2D eigenvalue weighted by Gasteiger charge is -1.98. The molecule has 1 aliphatic rings. The maximum absolute atomic E-state index is 5.53. The van der Waals surface area contributed by atoms with E-state index in [1.165, 1.54) is 12.8 Å². The van der Waals surface area contributed by atoms with Crippen LogP contribution in [0.2, 0.25) is 0 Å². The molecule has 1 aliphatic carbocycles. The third-order valence-electron chi connectivity index (χ3n) is 2.81. The van der Waals surface area contributed by atoms with E-state index in [0.717, 1.165) is 21.4 Å². The fourth-order valence-electron chi connectivity index (χ4n) is 1.68. The Kier molecular flexibility index (Phi) is 3.15. The maximum atomic E-state index is 5.53. The van der Waals surface area contributed by atoms with Gasteiger partial charge in [0.15, 0.2) is 0 Å². The van der Waals surface area contributed by atoms with E-state index in [9.17, 15) is 0 Å². The topological polar surface area (TPSA) is 38.1 Å². The van der Waals surface area contributed by atoms with Gasteiger partial charge < -0.3 is 9.73 Å². The van der Waals surface area contributed by atoms with E-state index >= 15 is 0 Å². The highest BCUT2D eigenvalue weighted by molar-refractivity contribution is 14.1. The molecule has 2 aromatic rings. The van der Waals surface area contributed by atoms with Crippen molar-refractivity contribution in [2.75, 3.05) is 0 Å². The van der Waals surface area contributed by atoms with Crippen molar-refractivity contribution in [1.29, 1.82) is 0 Å². The molecular weight excluding hydrogens is 327 g/mol. The minimum Gasteiger partial charge on any atom is -0.444 e. The van der Waals surface area contributed by atoms with E-state index in [0.29, 0.717) is 11.9 Å². The molecular formula is C13H13IN2O. The Balaban J connectivity index is 1.77. The van der Waals surface area contributed by atoms with Crippen LogP contribution in [0.4, 0.5) is 0 Å². The van der Waals surface area contributed by atoms with E-state index in [4.69, 9.17) is 4.42 Å². The van der Waals surface area contributed by atoms with Gasteiger partial charge in [-0.05, 0) is 47.6 Å². The predicted molar refractivity (Wildman–Crippen MR) is 74.5 cm³/mol. The van der Waals surface area contributed by atoms with Crippen LogP contribution in [0.15, 0.2) is 34.9 Å². The first-order chi connectivity index (χ1) is 8.33. The summed E-state index contributed by atoms with van der Waals surface area (Å²) in [6.45, 7) is 0.803. The number of nitrogens with zero attached hydrogens (tertiary/aromatic N) is 1. The van der Waals surface area contributed by atoms with Crippen LogP contribution in [-0.4, -0.2) is 11.0 Å². The van der Waals surface area contributed by atoms with Crippen LogP contribution in [0.25, 0.3) is 11.5 Å². The van der Waals surface area contributed by atoms with Crippen molar-refractivity contribution in [1.82, 2.24) is 10.3 Å². The molecule has 1 aromatic carbocycles. The summed E-state index contributed by atoms with van der Waals surface area (Å²) in [6, 6.07) is 8.81. The van der Waals surface area contributed by atoms with Crippen LogP contribution in [0.3, 0.4) is 0 Å². The minimum atomic E-state index is 0.701. The van der Waals surface area contributed by atoms with Crippen LogP contribution in [0.5, 0.6) is 0 Å². The molecule has 17 heavy (non-hydrogen) atoms. The second-order valence-electron chi connectivity index (χ2n) is 4.28. The van der Waals surface area contributed by atoms with Gasteiger partial charge in [0.25, 0.3) is 0 Å². The zero-order valence-corrected chi connectivity index (χ0v) is 11.5. The molecule has 3 rings (SSSR count). The average Bonchev–Trinajstić information content (AvgIpc) is 3.06. The second-order valence-corrected chi connectivity index (χ2v) is 5.44. The van der Waals surface area contributed by atoms with E-state index in [2.05, 4.69) is 39.0 Å². The van der Waals surface area contributed by atoms with Crippen molar-refractivity contribution < 1.29 is 4.42 Å². The number of oxazole rings is 1. The number of benzene rings is 1. The third-order valence-corrected chi connectivity index (χ3v) is 3.75. The van der Waals surface area contributed by atoms with Crippen LogP contribution >= 0.6 is 22.6 Å². The van der Waals surface area contributed by atoms with Crippen LogP contribution in [0.1, 0.15) is 18.5 Å². The maximum Gasteiger partial charge on any atom is 0.227 e. The van der Waals surface area contributed by atoms with Gasteiger partial charge in [0.2, 0.25) is 5.89 Å². The summed E-state index contributed by atoms with van der Waals surface area (Å²) in [5.74, 6) is 0.711. The van der Waals surface area contributed by atoms with E-state index in [1.54, 1.807) is 6.26 Å². The Morgan fingerprint density at radius 2 is 2.18 bits per heavy atom. The number of hydrogen-bond acceptors (Lipinski definition) is 3. The van der Waals surface area contributed by atoms with E-state index in [1.807, 2.05) is 18.2 Å². The van der Waals surface area contributed by atoms with E-state index < -0.39 is 0 Å². The Morgan fingerprint density at radius 1 is 1.35 bits per heavy atom. The van der Waals surface area contributed by atoms with Crippen molar-refractivity contribution in [2.24, 2.45) is 0 Å². The molecule has 0 saturated heterocycles. The first kappa shape index (κ1) is 11.2. The number of nitrogens with one attached hydrogen (secondary N) is 1. The summed E-state index contributed by atoms with van der Waals surface area (Å²) in [5.41, 5.74) is 2.04. The molecule has 0 unspecified atom stereocenters. The van der Waals surface area contributed by atoms with E-state index in [-0.39, 0.29) is 0 Å². The fourth-order valence-corrected chi connectivity index (χ4v) is 2.30. The summed E-state index contributed by atoms with van der Waals surface area (Å²) < 4.78 is 6.69. The molecule has 1 aromatic heterocycles. The standard InChI is InChI=1S/C13H13IN2O/c14-12-4-2-1-3-11(12)13-16-10(8-17-13)7-15-9-5-6-9/h1-4,8-9,15H,5-7H2. The highest BCUT2D eigenvalue weighted by atomic mass is 127. The lowest BCUT2D eigenvalue weighted by atomic mass is 10.2. The first-order valence-corrected chi connectivity index (χ1v) is 6.83. The van der Waals surface area contributed by atoms with Crippen molar-refractivity contribution in [3.8, 4) is 11.5 Å². The summed E-state index contributed by atoms with van der Waals surface area (Å²) in [5, 5.41) is 3.43. The van der Waals surface area contributed by atoms with Gasteiger partial charge in [-0.15, -0.1) is 0 Å². The van der Waals surface area contributed by atoms with Gasteiger partial charge in [0.1, 0.15) is 6.26 Å². The molecule has 1 heterocycles. The molecule has 0 atom stereocenters. The Bertz CT molecular complexity index is 520. The summed E-state index contributed by atoms with van der Waals surface area (Å²) >= 11 is 2.30. The zero-order valence-electron chi connectivity index (χ0n) is 9.32. The van der Waals surface area contributed by atoms with Gasteiger partial charge in [0, 0.05) is 16.2 Å². The molecule has 0 bridgehead atoms. The van der Waals surface area contributed by atoms with Crippen molar-refractivity contribution in [2.45, 2.75) is 25.4 Å². The van der Waals surface area contributed by atoms with Gasteiger partial charge in [-0.3, -0.25) is 0 Å². The highest BCUT2D eigenvalue weighted by Gasteiger charge is 2.20. The van der Waals surface area contributed by atoms with Gasteiger partial charge in [-0.2, -0.15) is 0 Å². The summed E-state index contributed by atoms with van der Waals surface area (Å²) in [4.78, 5) is 4.51. The molecule has 0 amide bonds. The lowest BCUT2D eigenvalue weighted by Crippen LogP contribution is -2.15. The molecule has 1 fully saturated rings. The molecule has 0 radical (unpaired) electrons. The number of aromatic nitrogens is 1. The van der Waals surface area contributed by atoms with Gasteiger partial charge >= 0.3 is 0 Å². The smallest absolute Gasteiger partial charge is 0.227 e. The first-order valence-electron chi connectivity index (χ1n) is 5.75. The SMILES string of the molecule is Ic1ccccc1-c1nc(CNC2CC2)co1. The van der Waals surface area contributed by atoms with Crippen molar-refractivity contribution in [3.05, 3.63) is 39.8 Å². The summed E-state index contributed by atoms with van der Waals surface area (Å²) in [6.07, 6.45) is 4.33. The molecule has 0 spiro atoms. The number of halogens is 1. The van der Waals surface area contributed by atoms with Crippen LogP contribution < -0.4 is 5.32 Å². The zero-order chi connectivity index (χ0) is 11.7. The quantitative estimate of drug-likeness (QED) is 0.869. The second kappa shape index (κ2) is 4.78. The lowest BCUT2D eigenvalue weighted by molar-refractivity contribution is 0.569. The minimum absolute atomic E-state index is 0.701. The number of rotatable bonds is 4. The molecule has 1 saturated carbocycles.